The van der Waals surface area contributed by atoms with Crippen molar-refractivity contribution in [3.63, 3.8) is 0 Å². The topological polar surface area (TPSA) is 43.3 Å². The largest absolute Gasteiger partial charge is 0.431 e. The molecule has 1 aromatic heterocycles. The summed E-state index contributed by atoms with van der Waals surface area (Å²) >= 11 is 0. The molecule has 0 radical (unpaired) electrons. The van der Waals surface area contributed by atoms with Gasteiger partial charge in [0, 0.05) is 12.4 Å². The number of allylic oxidation sites excluding steroid dienone is 2. The van der Waals surface area contributed by atoms with E-state index < -0.39 is 6.09 Å². The van der Waals surface area contributed by atoms with Crippen molar-refractivity contribution in [2.24, 2.45) is 0 Å². The first kappa shape index (κ1) is 9.38. The van der Waals surface area contributed by atoms with Crippen molar-refractivity contribution in [3.8, 4) is 0 Å². The average Bonchev–Trinajstić information content (AvgIpc) is 2.56. The van der Waals surface area contributed by atoms with E-state index in [-0.39, 0.29) is 0 Å². The van der Waals surface area contributed by atoms with Gasteiger partial charge in [-0.15, -0.1) is 0 Å². The Kier molecular flexibility index (Phi) is 3.14. The van der Waals surface area contributed by atoms with E-state index in [1.807, 2.05) is 12.1 Å². The van der Waals surface area contributed by atoms with E-state index in [1.54, 1.807) is 32.3 Å². The molecule has 0 spiro atoms. The molecule has 4 nitrogen and oxygen atoms in total. The van der Waals surface area contributed by atoms with Gasteiger partial charge in [0.1, 0.15) is 5.76 Å². The van der Waals surface area contributed by atoms with Crippen LogP contribution in [0.15, 0.2) is 36.4 Å². The van der Waals surface area contributed by atoms with Gasteiger partial charge in [-0.05, 0) is 32.1 Å². The predicted molar refractivity (Wildman–Crippen MR) is 49.7 cm³/mol. The molecule has 0 aliphatic rings. The van der Waals surface area contributed by atoms with Crippen molar-refractivity contribution in [2.75, 3.05) is 5.43 Å². The first-order valence-corrected chi connectivity index (χ1v) is 3.97. The lowest BCUT2D eigenvalue weighted by Gasteiger charge is -2.06. The Hall–Kier alpha value is -1.71. The van der Waals surface area contributed by atoms with Gasteiger partial charge >= 0.3 is 6.09 Å². The lowest BCUT2D eigenvalue weighted by Crippen LogP contribution is -2.21. The monoisotopic (exact) mass is 180 g/mol. The first-order chi connectivity index (χ1) is 6.22. The molecule has 1 aromatic rings. The van der Waals surface area contributed by atoms with Gasteiger partial charge in [0.05, 0.1) is 0 Å². The van der Waals surface area contributed by atoms with E-state index in [2.05, 4.69) is 5.43 Å². The molecule has 0 aliphatic carbocycles. The van der Waals surface area contributed by atoms with Crippen molar-refractivity contribution >= 4 is 6.09 Å². The van der Waals surface area contributed by atoms with Crippen LogP contribution >= 0.6 is 0 Å². The molecule has 4 heteroatoms. The highest BCUT2D eigenvalue weighted by molar-refractivity contribution is 5.76. The third kappa shape index (κ3) is 3.02. The molecule has 0 saturated carbocycles. The lowest BCUT2D eigenvalue weighted by molar-refractivity contribution is 0.188. The molecule has 1 N–H and O–H groups in total. The molecule has 1 amide bonds. The Bertz CT molecular complexity index is 301. The second-order valence-electron chi connectivity index (χ2n) is 2.49. The molecule has 0 aliphatic heterocycles. The van der Waals surface area contributed by atoms with Gasteiger partial charge in [-0.2, -0.15) is 0 Å². The summed E-state index contributed by atoms with van der Waals surface area (Å²) in [6, 6.07) is 3.62. The number of ether oxygens (including phenoxy) is 1. The molecular weight excluding hydrogens is 168 g/mol. The van der Waals surface area contributed by atoms with E-state index in [1.165, 1.54) is 4.68 Å². The van der Waals surface area contributed by atoms with Gasteiger partial charge in [-0.3, -0.25) is 4.68 Å². The molecule has 0 unspecified atom stereocenters. The Balaban J connectivity index is 2.43. The van der Waals surface area contributed by atoms with Gasteiger partial charge < -0.3 is 4.74 Å². The predicted octanol–water partition coefficient (Wildman–Crippen LogP) is 2.09. The third-order valence-corrected chi connectivity index (χ3v) is 1.49. The van der Waals surface area contributed by atoms with E-state index in [0.717, 1.165) is 0 Å². The summed E-state index contributed by atoms with van der Waals surface area (Å²) in [7, 11) is 0. The summed E-state index contributed by atoms with van der Waals surface area (Å²) in [5.41, 5.74) is 2.50. The van der Waals surface area contributed by atoms with Crippen molar-refractivity contribution < 1.29 is 9.53 Å². The molecule has 0 bridgehead atoms. The molecule has 13 heavy (non-hydrogen) atoms. The second-order valence-corrected chi connectivity index (χ2v) is 2.49. The number of nitrogens with zero attached hydrogens (tertiary/aromatic N) is 1. The highest BCUT2D eigenvalue weighted by Crippen LogP contribution is 1.95. The van der Waals surface area contributed by atoms with Gasteiger partial charge in [0.15, 0.2) is 0 Å². The number of rotatable bonds is 2. The van der Waals surface area contributed by atoms with E-state index >= 15 is 0 Å². The summed E-state index contributed by atoms with van der Waals surface area (Å²) in [6.45, 7) is 3.52. The van der Waals surface area contributed by atoms with Crippen LogP contribution in [0, 0.1) is 0 Å². The van der Waals surface area contributed by atoms with Crippen LogP contribution in [0.4, 0.5) is 4.79 Å². The summed E-state index contributed by atoms with van der Waals surface area (Å²) in [5.74, 6) is 0.574. The Morgan fingerprint density at radius 2 is 2.08 bits per heavy atom. The number of nitrogens with one attached hydrogen (secondary N) is 1. The number of aromatic nitrogens is 1. The summed E-state index contributed by atoms with van der Waals surface area (Å²) in [4.78, 5) is 11.1. The highest BCUT2D eigenvalue weighted by atomic mass is 16.6. The Morgan fingerprint density at radius 3 is 2.62 bits per heavy atom. The van der Waals surface area contributed by atoms with Crippen molar-refractivity contribution in [1.29, 1.82) is 0 Å². The minimum Gasteiger partial charge on any atom is -0.414 e. The van der Waals surface area contributed by atoms with Crippen LogP contribution in [0.2, 0.25) is 0 Å². The maximum absolute atomic E-state index is 11.1. The first-order valence-electron chi connectivity index (χ1n) is 3.97. The van der Waals surface area contributed by atoms with E-state index in [9.17, 15) is 4.79 Å². The minimum absolute atomic E-state index is 0.494. The zero-order valence-electron chi connectivity index (χ0n) is 7.65. The molecule has 1 rings (SSSR count). The number of amides is 1. The maximum atomic E-state index is 11.1. The van der Waals surface area contributed by atoms with Gasteiger partial charge in [-0.25, -0.2) is 10.2 Å². The summed E-state index contributed by atoms with van der Waals surface area (Å²) in [5, 5.41) is 0. The third-order valence-electron chi connectivity index (χ3n) is 1.49. The van der Waals surface area contributed by atoms with E-state index in [4.69, 9.17) is 4.74 Å². The van der Waals surface area contributed by atoms with Crippen LogP contribution in [0.5, 0.6) is 0 Å². The average molecular weight is 180 g/mol. The fraction of sp³-hybridized carbons (Fsp3) is 0.222. The molecule has 0 saturated heterocycles. The molecule has 0 atom stereocenters. The summed E-state index contributed by atoms with van der Waals surface area (Å²) in [6.07, 6.45) is 4.65. The molecule has 1 heterocycles. The smallest absolute Gasteiger partial charge is 0.414 e. The molecular formula is C9H12N2O2. The van der Waals surface area contributed by atoms with Crippen LogP contribution in [-0.4, -0.2) is 10.8 Å². The SMILES string of the molecule is C/C=C(\C)OC(=O)Nn1cccc1. The summed E-state index contributed by atoms with van der Waals surface area (Å²) < 4.78 is 6.38. The van der Waals surface area contributed by atoms with Gasteiger partial charge in [0.25, 0.3) is 0 Å². The number of hydrogen-bond acceptors (Lipinski definition) is 2. The number of hydrogen-bond donors (Lipinski definition) is 1. The van der Waals surface area contributed by atoms with E-state index in [0.29, 0.717) is 5.76 Å². The zero-order valence-corrected chi connectivity index (χ0v) is 7.65. The molecule has 70 valence electrons. The van der Waals surface area contributed by atoms with Crippen LogP contribution in [0.1, 0.15) is 13.8 Å². The number of carbonyl (C=O) groups excluding carboxylic acids is 1. The van der Waals surface area contributed by atoms with Crippen molar-refractivity contribution in [2.45, 2.75) is 13.8 Å². The second kappa shape index (κ2) is 4.35. The van der Waals surface area contributed by atoms with Crippen LogP contribution in [0.25, 0.3) is 0 Å². The normalized spacial score (nSPS) is 11.1. The highest BCUT2D eigenvalue weighted by Gasteiger charge is 2.01. The standard InChI is InChI=1S/C9H12N2O2/c1-3-8(2)13-9(12)10-11-6-4-5-7-11/h3-7H,1-2H3,(H,10,12)/b8-3+. The van der Waals surface area contributed by atoms with Crippen molar-refractivity contribution in [1.82, 2.24) is 4.68 Å². The van der Waals surface area contributed by atoms with Crippen LogP contribution in [0.3, 0.4) is 0 Å². The van der Waals surface area contributed by atoms with Crippen LogP contribution < -0.4 is 5.43 Å². The number of carbonyl (C=O) groups is 1. The van der Waals surface area contributed by atoms with Gasteiger partial charge in [-0.1, -0.05) is 0 Å². The van der Waals surface area contributed by atoms with Gasteiger partial charge in [0.2, 0.25) is 0 Å². The minimum atomic E-state index is -0.494. The fourth-order valence-electron chi connectivity index (χ4n) is 0.742. The Labute approximate surface area is 76.8 Å². The zero-order chi connectivity index (χ0) is 9.68. The fourth-order valence-corrected chi connectivity index (χ4v) is 0.742. The molecule has 0 aromatic carbocycles. The maximum Gasteiger partial charge on any atom is 0.431 e. The lowest BCUT2D eigenvalue weighted by atomic mass is 10.5. The van der Waals surface area contributed by atoms with Crippen LogP contribution in [-0.2, 0) is 4.74 Å². The van der Waals surface area contributed by atoms with Crippen molar-refractivity contribution in [3.05, 3.63) is 36.4 Å². The quantitative estimate of drug-likeness (QED) is 0.708. The Morgan fingerprint density at radius 1 is 1.46 bits per heavy atom. The molecule has 0 fully saturated rings.